The zero-order chi connectivity index (χ0) is 28.6. The molecule has 2 atom stereocenters. The molecule has 0 aliphatic heterocycles. The van der Waals surface area contributed by atoms with E-state index in [1.54, 1.807) is 20.4 Å². The highest BCUT2D eigenvalue weighted by atomic mass is 28.4. The van der Waals surface area contributed by atoms with Crippen molar-refractivity contribution < 1.29 is 13.9 Å². The number of aryl methyl sites for hydroxylation is 1. The molecule has 0 spiro atoms. The van der Waals surface area contributed by atoms with E-state index < -0.39 is 8.32 Å². The van der Waals surface area contributed by atoms with E-state index in [2.05, 4.69) is 87.5 Å². The van der Waals surface area contributed by atoms with Gasteiger partial charge < -0.3 is 13.9 Å². The molecule has 1 aromatic heterocycles. The van der Waals surface area contributed by atoms with Crippen LogP contribution in [0.1, 0.15) is 62.0 Å². The van der Waals surface area contributed by atoms with Crippen molar-refractivity contribution in [2.24, 2.45) is 5.92 Å². The summed E-state index contributed by atoms with van der Waals surface area (Å²) < 4.78 is 20.8. The van der Waals surface area contributed by atoms with Crippen molar-refractivity contribution in [3.63, 3.8) is 0 Å². The van der Waals surface area contributed by atoms with Crippen LogP contribution in [0.2, 0.25) is 18.1 Å². The first-order chi connectivity index (χ1) is 18.5. The molecular weight excluding hydrogens is 502 g/mol. The van der Waals surface area contributed by atoms with Crippen LogP contribution in [0.25, 0.3) is 0 Å². The van der Waals surface area contributed by atoms with Gasteiger partial charge in [-0.25, -0.2) is 0 Å². The van der Waals surface area contributed by atoms with Crippen LogP contribution in [0.5, 0.6) is 11.5 Å². The minimum atomic E-state index is -2.16. The molecule has 0 fully saturated rings. The summed E-state index contributed by atoms with van der Waals surface area (Å²) in [5, 5.41) is 13.8. The van der Waals surface area contributed by atoms with Crippen molar-refractivity contribution in [3.8, 4) is 17.6 Å². The first kappa shape index (κ1) is 30.5. The maximum absolute atomic E-state index is 9.17. The molecule has 0 aliphatic carbocycles. The number of hydrogen-bond donors (Lipinski definition) is 0. The van der Waals surface area contributed by atoms with Gasteiger partial charge in [0.25, 0.3) is 0 Å². The lowest BCUT2D eigenvalue weighted by molar-refractivity contribution is 0.0970. The smallest absolute Gasteiger partial charge is 0.192 e. The van der Waals surface area contributed by atoms with E-state index in [0.29, 0.717) is 13.0 Å². The van der Waals surface area contributed by atoms with Crippen LogP contribution in [0.15, 0.2) is 54.9 Å². The maximum atomic E-state index is 9.17. The topological polar surface area (TPSA) is 69.3 Å². The largest absolute Gasteiger partial charge is 0.496 e. The van der Waals surface area contributed by atoms with Crippen LogP contribution in [0, 0.1) is 24.2 Å². The highest BCUT2D eigenvalue weighted by Crippen LogP contribution is 2.44. The van der Waals surface area contributed by atoms with Gasteiger partial charge in [0.05, 0.1) is 39.0 Å². The molecule has 1 heterocycles. The molecule has 0 bridgehead atoms. The van der Waals surface area contributed by atoms with Crippen LogP contribution in [-0.2, 0) is 23.8 Å². The highest BCUT2D eigenvalue weighted by Gasteiger charge is 2.41. The predicted octanol–water partition coefficient (Wildman–Crippen LogP) is 7.68. The maximum Gasteiger partial charge on any atom is 0.192 e. The zero-order valence-electron chi connectivity index (χ0n) is 25.0. The van der Waals surface area contributed by atoms with Gasteiger partial charge in [0.15, 0.2) is 8.32 Å². The summed E-state index contributed by atoms with van der Waals surface area (Å²) in [6.07, 6.45) is 6.96. The number of methoxy groups -OCH3 is 2. The first-order valence-corrected chi connectivity index (χ1v) is 16.7. The van der Waals surface area contributed by atoms with Crippen LogP contribution in [-0.4, -0.2) is 32.3 Å². The van der Waals surface area contributed by atoms with Gasteiger partial charge in [-0.1, -0.05) is 51.1 Å². The Kier molecular flexibility index (Phi) is 10.4. The summed E-state index contributed by atoms with van der Waals surface area (Å²) >= 11 is 0. The Morgan fingerprint density at radius 3 is 2.23 bits per heavy atom. The summed E-state index contributed by atoms with van der Waals surface area (Å²) in [5.74, 6) is 1.74. The van der Waals surface area contributed by atoms with Gasteiger partial charge in [0.1, 0.15) is 11.5 Å². The Hall–Kier alpha value is -3.08. The number of ether oxygens (including phenoxy) is 2. The molecule has 0 saturated carbocycles. The number of nitriles is 1. The third-order valence-electron chi connectivity index (χ3n) is 8.03. The van der Waals surface area contributed by atoms with Gasteiger partial charge >= 0.3 is 0 Å². The second-order valence-corrected chi connectivity index (χ2v) is 16.6. The van der Waals surface area contributed by atoms with E-state index in [4.69, 9.17) is 13.9 Å². The second kappa shape index (κ2) is 13.3. The van der Waals surface area contributed by atoms with Crippen LogP contribution >= 0.6 is 0 Å². The molecule has 6 nitrogen and oxygen atoms in total. The predicted molar refractivity (Wildman–Crippen MR) is 160 cm³/mol. The van der Waals surface area contributed by atoms with Gasteiger partial charge in [0.2, 0.25) is 0 Å². The highest BCUT2D eigenvalue weighted by molar-refractivity contribution is 6.74. The summed E-state index contributed by atoms with van der Waals surface area (Å²) in [4.78, 5) is 0. The van der Waals surface area contributed by atoms with Gasteiger partial charge in [-0.15, -0.1) is 0 Å². The number of rotatable bonds is 13. The molecule has 0 saturated heterocycles. The Morgan fingerprint density at radius 2 is 1.67 bits per heavy atom. The van der Waals surface area contributed by atoms with E-state index >= 15 is 0 Å². The minimum absolute atomic E-state index is 0.0460. The van der Waals surface area contributed by atoms with Gasteiger partial charge in [-0.05, 0) is 67.6 Å². The van der Waals surface area contributed by atoms with E-state index in [1.165, 1.54) is 5.56 Å². The fourth-order valence-electron chi connectivity index (χ4n) is 4.68. The zero-order valence-corrected chi connectivity index (χ0v) is 26.0. The van der Waals surface area contributed by atoms with Gasteiger partial charge in [0, 0.05) is 29.8 Å². The van der Waals surface area contributed by atoms with Crippen molar-refractivity contribution in [2.75, 3.05) is 14.2 Å². The molecule has 210 valence electrons. The van der Waals surface area contributed by atoms with Crippen molar-refractivity contribution in [3.05, 3.63) is 77.1 Å². The monoisotopic (exact) mass is 547 g/mol. The van der Waals surface area contributed by atoms with Crippen LogP contribution in [0.3, 0.4) is 0 Å². The van der Waals surface area contributed by atoms with E-state index in [9.17, 15) is 5.26 Å². The SMILES string of the molecule is COc1cc(C(O[Si](C)(C)C(C)(C)C)[C@H](CCCc2ccccc2)Cn2cc(CC#N)cn2)cc(OC)c1C. The molecule has 7 heteroatoms. The fraction of sp³-hybridized carbons (Fsp3) is 0.500. The lowest BCUT2D eigenvalue weighted by Gasteiger charge is -2.42. The van der Waals surface area contributed by atoms with Crippen LogP contribution < -0.4 is 9.47 Å². The molecule has 3 rings (SSSR count). The number of benzene rings is 2. The Morgan fingerprint density at radius 1 is 1.03 bits per heavy atom. The third-order valence-corrected chi connectivity index (χ3v) is 12.5. The van der Waals surface area contributed by atoms with E-state index in [1.807, 2.05) is 17.8 Å². The fourth-order valence-corrected chi connectivity index (χ4v) is 6.00. The molecule has 0 amide bonds. The average Bonchev–Trinajstić information content (AvgIpc) is 3.34. The minimum Gasteiger partial charge on any atom is -0.496 e. The Bertz CT molecular complexity index is 1220. The van der Waals surface area contributed by atoms with Crippen molar-refractivity contribution >= 4 is 8.32 Å². The average molecular weight is 548 g/mol. The summed E-state index contributed by atoms with van der Waals surface area (Å²) in [6.45, 7) is 14.2. The molecular formula is C32H45N3O3Si. The summed E-state index contributed by atoms with van der Waals surface area (Å²) in [6, 6.07) is 17.1. The second-order valence-electron chi connectivity index (χ2n) is 11.9. The Labute approximate surface area is 236 Å². The van der Waals surface area contributed by atoms with Crippen molar-refractivity contribution in [2.45, 2.75) is 84.2 Å². The Balaban J connectivity index is 2.05. The molecule has 3 aromatic rings. The lowest BCUT2D eigenvalue weighted by Crippen LogP contribution is -2.43. The third kappa shape index (κ3) is 7.97. The van der Waals surface area contributed by atoms with Crippen molar-refractivity contribution in [1.82, 2.24) is 9.78 Å². The lowest BCUT2D eigenvalue weighted by atomic mass is 9.89. The van der Waals surface area contributed by atoms with Crippen LogP contribution in [0.4, 0.5) is 0 Å². The summed E-state index contributed by atoms with van der Waals surface area (Å²) in [7, 11) is 1.24. The number of nitrogens with zero attached hydrogens (tertiary/aromatic N) is 3. The van der Waals surface area contributed by atoms with E-state index in [0.717, 1.165) is 47.5 Å². The number of hydrogen-bond acceptors (Lipinski definition) is 5. The molecule has 0 N–H and O–H groups in total. The first-order valence-electron chi connectivity index (χ1n) is 13.8. The molecule has 39 heavy (non-hydrogen) atoms. The van der Waals surface area contributed by atoms with Crippen molar-refractivity contribution in [1.29, 1.82) is 5.26 Å². The molecule has 1 unspecified atom stereocenters. The van der Waals surface area contributed by atoms with Gasteiger partial charge in [-0.2, -0.15) is 10.4 Å². The quantitative estimate of drug-likeness (QED) is 0.205. The standard InChI is InChI=1S/C32H45N3O3Si/c1-24-29(36-5)19-28(20-30(24)37-6)31(38-39(7,8)32(2,3)4)27(16-12-15-25-13-10-9-11-14-25)23-35-22-26(17-18-33)21-34-35/h9-11,13-14,19-22,27,31H,12,15-17,23H2,1-8H3/t27-,31?/m1/s1. The normalized spacial score (nSPS) is 13.5. The summed E-state index contributed by atoms with van der Waals surface area (Å²) in [5.41, 5.74) is 4.31. The van der Waals surface area contributed by atoms with Gasteiger partial charge in [-0.3, -0.25) is 4.68 Å². The number of aromatic nitrogens is 2. The molecule has 0 aliphatic rings. The van der Waals surface area contributed by atoms with E-state index in [-0.39, 0.29) is 17.1 Å². The molecule has 2 aromatic carbocycles. The molecule has 0 radical (unpaired) electrons.